The second kappa shape index (κ2) is 10.9. The average molecular weight is 502 g/mol. The van der Waals surface area contributed by atoms with Gasteiger partial charge in [-0.15, -0.1) is 0 Å². The Kier molecular flexibility index (Phi) is 8.81. The van der Waals surface area contributed by atoms with Crippen LogP contribution in [0.1, 0.15) is 85.0 Å². The van der Waals surface area contributed by atoms with E-state index in [0.717, 1.165) is 44.1 Å². The SMILES string of the molecule is C[C@H](CNC(=O)C[C@](C)(O)C(F)(F)F)C1CCCC2/C(=C/C=C3C[C@@H](O)C[C@H](O)C3)CCC[C@@]21C. The van der Waals surface area contributed by atoms with Crippen LogP contribution in [0.15, 0.2) is 23.3 Å². The smallest absolute Gasteiger partial charge is 0.393 e. The summed E-state index contributed by atoms with van der Waals surface area (Å²) in [5.74, 6) is 0.0575. The van der Waals surface area contributed by atoms with Crippen LogP contribution in [0.3, 0.4) is 0 Å². The van der Waals surface area contributed by atoms with Gasteiger partial charge in [0.1, 0.15) is 0 Å². The Hall–Kier alpha value is -1.38. The fraction of sp³-hybridized carbons (Fsp3) is 0.815. The van der Waals surface area contributed by atoms with E-state index >= 15 is 0 Å². The number of amides is 1. The van der Waals surface area contributed by atoms with Crippen LogP contribution in [0, 0.1) is 23.2 Å². The third kappa shape index (κ3) is 6.69. The normalized spacial score (nSPS) is 35.7. The maximum atomic E-state index is 12.9. The number of carbonyl (C=O) groups excluding carboxylic acids is 1. The third-order valence-corrected chi connectivity index (χ3v) is 8.78. The molecule has 35 heavy (non-hydrogen) atoms. The summed E-state index contributed by atoms with van der Waals surface area (Å²) in [6.07, 6.45) is 5.45. The number of hydrogen-bond acceptors (Lipinski definition) is 4. The lowest BCUT2D eigenvalue weighted by molar-refractivity contribution is -0.253. The molecular formula is C27H42F3NO4. The Balaban J connectivity index is 1.66. The van der Waals surface area contributed by atoms with Gasteiger partial charge in [-0.1, -0.05) is 43.6 Å². The van der Waals surface area contributed by atoms with Gasteiger partial charge in [0.05, 0.1) is 18.6 Å². The van der Waals surface area contributed by atoms with E-state index in [-0.39, 0.29) is 11.3 Å². The Labute approximate surface area is 206 Å². The van der Waals surface area contributed by atoms with Crippen molar-refractivity contribution in [2.45, 2.75) is 109 Å². The molecule has 0 spiro atoms. The minimum Gasteiger partial charge on any atom is -0.393 e. The minimum atomic E-state index is -4.85. The first-order chi connectivity index (χ1) is 16.2. The molecule has 3 aliphatic carbocycles. The molecule has 200 valence electrons. The van der Waals surface area contributed by atoms with Crippen LogP contribution in [-0.2, 0) is 4.79 Å². The van der Waals surface area contributed by atoms with Gasteiger partial charge in [-0.25, -0.2) is 0 Å². The van der Waals surface area contributed by atoms with E-state index in [9.17, 15) is 33.3 Å². The lowest BCUT2D eigenvalue weighted by atomic mass is 9.52. The first-order valence-electron chi connectivity index (χ1n) is 13.0. The van der Waals surface area contributed by atoms with Crippen molar-refractivity contribution in [2.75, 3.05) is 6.54 Å². The molecule has 0 aromatic rings. The lowest BCUT2D eigenvalue weighted by Crippen LogP contribution is -2.49. The summed E-state index contributed by atoms with van der Waals surface area (Å²) < 4.78 is 38.7. The molecule has 0 saturated heterocycles. The van der Waals surface area contributed by atoms with E-state index in [4.69, 9.17) is 0 Å². The van der Waals surface area contributed by atoms with Crippen molar-refractivity contribution < 1.29 is 33.3 Å². The lowest BCUT2D eigenvalue weighted by Gasteiger charge is -2.53. The van der Waals surface area contributed by atoms with E-state index in [1.807, 2.05) is 0 Å². The number of nitrogens with one attached hydrogen (secondary N) is 1. The zero-order chi connectivity index (χ0) is 26.0. The molecule has 3 fully saturated rings. The molecule has 1 amide bonds. The number of aliphatic hydroxyl groups is 3. The third-order valence-electron chi connectivity index (χ3n) is 8.78. The van der Waals surface area contributed by atoms with E-state index in [1.54, 1.807) is 0 Å². The molecule has 3 rings (SSSR count). The van der Waals surface area contributed by atoms with Gasteiger partial charge < -0.3 is 20.6 Å². The predicted octanol–water partition coefficient (Wildman–Crippen LogP) is 4.81. The maximum absolute atomic E-state index is 12.9. The van der Waals surface area contributed by atoms with Gasteiger partial charge in [0.25, 0.3) is 0 Å². The largest absolute Gasteiger partial charge is 0.417 e. The van der Waals surface area contributed by atoms with Gasteiger partial charge >= 0.3 is 6.18 Å². The summed E-state index contributed by atoms with van der Waals surface area (Å²) in [6.45, 7) is 5.30. The van der Waals surface area contributed by atoms with E-state index in [0.29, 0.717) is 44.6 Å². The molecule has 0 aromatic heterocycles. The average Bonchev–Trinajstić information content (AvgIpc) is 2.73. The Morgan fingerprint density at radius 1 is 1.17 bits per heavy atom. The fourth-order valence-corrected chi connectivity index (χ4v) is 6.83. The molecule has 0 aliphatic heterocycles. The molecule has 3 saturated carbocycles. The molecule has 3 aliphatic rings. The molecular weight excluding hydrogens is 459 g/mol. The van der Waals surface area contributed by atoms with Crippen molar-refractivity contribution in [3.8, 4) is 0 Å². The highest BCUT2D eigenvalue weighted by molar-refractivity contribution is 5.77. The van der Waals surface area contributed by atoms with Gasteiger partial charge in [0.15, 0.2) is 5.60 Å². The summed E-state index contributed by atoms with van der Waals surface area (Å²) in [5.41, 5.74) is -0.504. The number of carbonyl (C=O) groups is 1. The maximum Gasteiger partial charge on any atom is 0.417 e. The van der Waals surface area contributed by atoms with Crippen molar-refractivity contribution in [3.63, 3.8) is 0 Å². The summed E-state index contributed by atoms with van der Waals surface area (Å²) >= 11 is 0. The van der Waals surface area contributed by atoms with Crippen molar-refractivity contribution in [3.05, 3.63) is 23.3 Å². The van der Waals surface area contributed by atoms with Crippen molar-refractivity contribution >= 4 is 5.91 Å². The summed E-state index contributed by atoms with van der Waals surface area (Å²) in [7, 11) is 0. The number of allylic oxidation sites excluding steroid dienone is 3. The molecule has 4 N–H and O–H groups in total. The van der Waals surface area contributed by atoms with Gasteiger partial charge in [-0.05, 0) is 81.5 Å². The van der Waals surface area contributed by atoms with E-state index < -0.39 is 36.3 Å². The molecule has 7 atom stereocenters. The zero-order valence-corrected chi connectivity index (χ0v) is 21.2. The molecule has 0 radical (unpaired) electrons. The van der Waals surface area contributed by atoms with Crippen molar-refractivity contribution in [2.24, 2.45) is 23.2 Å². The second-order valence-corrected chi connectivity index (χ2v) is 11.7. The molecule has 0 heterocycles. The molecule has 0 bridgehead atoms. The minimum absolute atomic E-state index is 0.0496. The summed E-state index contributed by atoms with van der Waals surface area (Å²) in [5, 5.41) is 32.2. The number of fused-ring (bicyclic) bond motifs is 1. The predicted molar refractivity (Wildman–Crippen MR) is 128 cm³/mol. The molecule has 2 unspecified atom stereocenters. The van der Waals surface area contributed by atoms with Gasteiger partial charge in [0, 0.05) is 6.54 Å². The molecule has 5 nitrogen and oxygen atoms in total. The molecule has 0 aromatic carbocycles. The first kappa shape index (κ1) is 28.2. The zero-order valence-electron chi connectivity index (χ0n) is 21.2. The van der Waals surface area contributed by atoms with Crippen LogP contribution in [0.5, 0.6) is 0 Å². The van der Waals surface area contributed by atoms with E-state index in [1.165, 1.54) is 5.57 Å². The summed E-state index contributed by atoms with van der Waals surface area (Å²) in [6, 6.07) is 0. The number of hydrogen-bond donors (Lipinski definition) is 4. The van der Waals surface area contributed by atoms with Crippen LogP contribution in [-0.4, -0.2) is 51.8 Å². The van der Waals surface area contributed by atoms with Crippen LogP contribution in [0.25, 0.3) is 0 Å². The number of aliphatic hydroxyl groups excluding tert-OH is 2. The summed E-state index contributed by atoms with van der Waals surface area (Å²) in [4.78, 5) is 12.2. The van der Waals surface area contributed by atoms with Gasteiger partial charge in [-0.3, -0.25) is 4.79 Å². The monoisotopic (exact) mass is 501 g/mol. The van der Waals surface area contributed by atoms with Crippen molar-refractivity contribution in [1.29, 1.82) is 0 Å². The Morgan fingerprint density at radius 2 is 1.83 bits per heavy atom. The standard InChI is InChI=1S/C27H42F3NO4/c1-17(16-31-24(34)15-26(3,35)27(28,29)30)22-7-4-8-23-19(6-5-11-25(22,23)2)10-9-18-12-20(32)14-21(33)13-18/h9-10,17,20-23,32-33,35H,4-8,11-16H2,1-3H3,(H,31,34)/b19-10+/t17-,20-,21-,22?,23?,25-,26+/m1/s1. The Bertz CT molecular complexity index is 810. The fourth-order valence-electron chi connectivity index (χ4n) is 6.83. The van der Waals surface area contributed by atoms with Gasteiger partial charge in [-0.2, -0.15) is 13.2 Å². The van der Waals surface area contributed by atoms with Crippen LogP contribution >= 0.6 is 0 Å². The highest BCUT2D eigenvalue weighted by Gasteiger charge is 2.51. The van der Waals surface area contributed by atoms with Crippen LogP contribution in [0.4, 0.5) is 13.2 Å². The number of rotatable bonds is 6. The quantitative estimate of drug-likeness (QED) is 0.421. The first-order valence-corrected chi connectivity index (χ1v) is 13.0. The number of alkyl halides is 3. The van der Waals surface area contributed by atoms with Crippen LogP contribution < -0.4 is 5.32 Å². The van der Waals surface area contributed by atoms with Crippen molar-refractivity contribution in [1.82, 2.24) is 5.32 Å². The van der Waals surface area contributed by atoms with E-state index in [2.05, 4.69) is 31.3 Å². The topological polar surface area (TPSA) is 89.8 Å². The number of halogens is 3. The Morgan fingerprint density at radius 3 is 2.46 bits per heavy atom. The van der Waals surface area contributed by atoms with Gasteiger partial charge in [0.2, 0.25) is 5.91 Å². The molecule has 8 heteroatoms. The highest BCUT2D eigenvalue weighted by atomic mass is 19.4. The van der Waals surface area contributed by atoms with Crippen LogP contribution in [0.2, 0.25) is 0 Å². The highest BCUT2D eigenvalue weighted by Crippen LogP contribution is 2.57. The second-order valence-electron chi connectivity index (χ2n) is 11.7.